The van der Waals surface area contributed by atoms with Gasteiger partial charge < -0.3 is 15.2 Å². The third-order valence-electron chi connectivity index (χ3n) is 2.74. The fraction of sp³-hybridized carbons (Fsp3) is 0.778. The molecular weight excluding hydrogens is 180 g/mol. The Morgan fingerprint density at radius 1 is 1.64 bits per heavy atom. The fourth-order valence-corrected chi connectivity index (χ4v) is 1.85. The zero-order valence-electron chi connectivity index (χ0n) is 8.44. The van der Waals surface area contributed by atoms with Gasteiger partial charge in [-0.15, -0.1) is 0 Å². The van der Waals surface area contributed by atoms with E-state index in [2.05, 4.69) is 22.0 Å². The van der Waals surface area contributed by atoms with Crippen molar-refractivity contribution in [2.24, 2.45) is 5.73 Å². The summed E-state index contributed by atoms with van der Waals surface area (Å²) in [5.41, 5.74) is 5.41. The SMILES string of the molecule is CCN1CCC(c2noc(CN)n2)C1. The van der Waals surface area contributed by atoms with Crippen molar-refractivity contribution in [1.82, 2.24) is 15.0 Å². The van der Waals surface area contributed by atoms with Crippen molar-refractivity contribution in [3.8, 4) is 0 Å². The zero-order chi connectivity index (χ0) is 9.97. The number of nitrogens with two attached hydrogens (primary N) is 1. The highest BCUT2D eigenvalue weighted by Gasteiger charge is 2.26. The number of nitrogens with zero attached hydrogens (tertiary/aromatic N) is 3. The van der Waals surface area contributed by atoms with E-state index in [1.54, 1.807) is 0 Å². The van der Waals surface area contributed by atoms with Crippen molar-refractivity contribution in [3.05, 3.63) is 11.7 Å². The third kappa shape index (κ3) is 1.78. The molecule has 0 spiro atoms. The first-order valence-electron chi connectivity index (χ1n) is 5.08. The highest BCUT2D eigenvalue weighted by molar-refractivity contribution is 4.99. The predicted octanol–water partition coefficient (Wildman–Crippen LogP) is 0.338. The van der Waals surface area contributed by atoms with Crippen LogP contribution in [0, 0.1) is 0 Å². The van der Waals surface area contributed by atoms with Gasteiger partial charge >= 0.3 is 0 Å². The van der Waals surface area contributed by atoms with Crippen LogP contribution in [0.2, 0.25) is 0 Å². The Bertz CT molecular complexity index is 299. The van der Waals surface area contributed by atoms with E-state index in [1.807, 2.05) is 0 Å². The van der Waals surface area contributed by atoms with Crippen LogP contribution in [0.25, 0.3) is 0 Å². The molecule has 1 unspecified atom stereocenters. The summed E-state index contributed by atoms with van der Waals surface area (Å²) >= 11 is 0. The second kappa shape index (κ2) is 4.06. The van der Waals surface area contributed by atoms with Crippen molar-refractivity contribution in [2.45, 2.75) is 25.8 Å². The molecule has 14 heavy (non-hydrogen) atoms. The van der Waals surface area contributed by atoms with E-state index in [4.69, 9.17) is 10.3 Å². The first-order chi connectivity index (χ1) is 6.83. The van der Waals surface area contributed by atoms with Crippen molar-refractivity contribution in [1.29, 1.82) is 0 Å². The molecule has 0 radical (unpaired) electrons. The maximum atomic E-state index is 5.41. The maximum Gasteiger partial charge on any atom is 0.240 e. The Balaban J connectivity index is 2.02. The van der Waals surface area contributed by atoms with E-state index in [1.165, 1.54) is 0 Å². The quantitative estimate of drug-likeness (QED) is 0.755. The van der Waals surface area contributed by atoms with Gasteiger partial charge in [-0.05, 0) is 19.5 Å². The maximum absolute atomic E-state index is 5.41. The lowest BCUT2D eigenvalue weighted by atomic mass is 10.1. The number of likely N-dealkylation sites (tertiary alicyclic amines) is 1. The Morgan fingerprint density at radius 3 is 3.07 bits per heavy atom. The van der Waals surface area contributed by atoms with E-state index in [9.17, 15) is 0 Å². The molecule has 1 aromatic rings. The van der Waals surface area contributed by atoms with E-state index < -0.39 is 0 Å². The van der Waals surface area contributed by atoms with E-state index in [0.717, 1.165) is 31.9 Å². The van der Waals surface area contributed by atoms with Gasteiger partial charge in [-0.25, -0.2) is 0 Å². The average molecular weight is 196 g/mol. The van der Waals surface area contributed by atoms with Crippen LogP contribution < -0.4 is 5.73 Å². The van der Waals surface area contributed by atoms with Crippen LogP contribution in [0.15, 0.2) is 4.52 Å². The first kappa shape index (κ1) is 9.61. The molecule has 2 heterocycles. The standard InChI is InChI=1S/C9H16N4O/c1-2-13-4-3-7(6-13)9-11-8(5-10)14-12-9/h7H,2-6,10H2,1H3. The highest BCUT2D eigenvalue weighted by Crippen LogP contribution is 2.24. The van der Waals surface area contributed by atoms with Gasteiger partial charge in [0.15, 0.2) is 5.82 Å². The summed E-state index contributed by atoms with van der Waals surface area (Å²) in [5.74, 6) is 1.79. The molecule has 1 aromatic heterocycles. The number of hydrogen-bond acceptors (Lipinski definition) is 5. The van der Waals surface area contributed by atoms with Crippen LogP contribution >= 0.6 is 0 Å². The molecule has 0 saturated carbocycles. The Labute approximate surface area is 83.3 Å². The molecule has 78 valence electrons. The molecule has 0 bridgehead atoms. The Morgan fingerprint density at radius 2 is 2.50 bits per heavy atom. The second-order valence-electron chi connectivity index (χ2n) is 3.63. The highest BCUT2D eigenvalue weighted by atomic mass is 16.5. The number of rotatable bonds is 3. The topological polar surface area (TPSA) is 68.2 Å². The van der Waals surface area contributed by atoms with Crippen LogP contribution in [0.1, 0.15) is 31.0 Å². The molecule has 0 amide bonds. The summed E-state index contributed by atoms with van der Waals surface area (Å²) in [5, 5.41) is 3.94. The van der Waals surface area contributed by atoms with Gasteiger partial charge in [-0.3, -0.25) is 0 Å². The zero-order valence-corrected chi connectivity index (χ0v) is 8.44. The molecule has 2 N–H and O–H groups in total. The molecule has 0 aromatic carbocycles. The normalized spacial score (nSPS) is 23.1. The van der Waals surface area contributed by atoms with Gasteiger partial charge in [0.05, 0.1) is 6.54 Å². The number of hydrogen-bond donors (Lipinski definition) is 1. The van der Waals surface area contributed by atoms with Gasteiger partial charge in [0.2, 0.25) is 5.89 Å². The summed E-state index contributed by atoms with van der Waals surface area (Å²) < 4.78 is 4.99. The van der Waals surface area contributed by atoms with Crippen LogP contribution in [-0.2, 0) is 6.54 Å². The molecule has 1 aliphatic heterocycles. The van der Waals surface area contributed by atoms with Crippen LogP contribution in [0.4, 0.5) is 0 Å². The van der Waals surface area contributed by atoms with Crippen molar-refractivity contribution in [2.75, 3.05) is 19.6 Å². The number of likely N-dealkylation sites (N-methyl/N-ethyl adjacent to an activating group) is 1. The third-order valence-corrected chi connectivity index (χ3v) is 2.74. The summed E-state index contributed by atoms with van der Waals surface area (Å²) in [6.45, 7) is 5.77. The van der Waals surface area contributed by atoms with Crippen LogP contribution in [0.3, 0.4) is 0 Å². The minimum atomic E-state index is 0.331. The van der Waals surface area contributed by atoms with Crippen LogP contribution in [-0.4, -0.2) is 34.7 Å². The molecule has 1 fully saturated rings. The smallest absolute Gasteiger partial charge is 0.240 e. The Kier molecular flexibility index (Phi) is 2.79. The molecule has 1 aliphatic rings. The van der Waals surface area contributed by atoms with Crippen molar-refractivity contribution >= 4 is 0 Å². The first-order valence-corrected chi connectivity index (χ1v) is 5.08. The summed E-state index contributed by atoms with van der Waals surface area (Å²) in [7, 11) is 0. The fourth-order valence-electron chi connectivity index (χ4n) is 1.85. The van der Waals surface area contributed by atoms with E-state index >= 15 is 0 Å². The summed E-state index contributed by atoms with van der Waals surface area (Å²) in [6.07, 6.45) is 1.12. The molecule has 1 atom stereocenters. The van der Waals surface area contributed by atoms with Gasteiger partial charge in [-0.2, -0.15) is 4.98 Å². The lowest BCUT2D eigenvalue weighted by Crippen LogP contribution is -2.19. The van der Waals surface area contributed by atoms with Gasteiger partial charge in [-0.1, -0.05) is 12.1 Å². The van der Waals surface area contributed by atoms with Gasteiger partial charge in [0, 0.05) is 12.5 Å². The minimum absolute atomic E-state index is 0.331. The van der Waals surface area contributed by atoms with Crippen molar-refractivity contribution < 1.29 is 4.52 Å². The van der Waals surface area contributed by atoms with Gasteiger partial charge in [0.1, 0.15) is 0 Å². The van der Waals surface area contributed by atoms with E-state index in [0.29, 0.717) is 18.4 Å². The average Bonchev–Trinajstić information content (AvgIpc) is 2.86. The molecular formula is C9H16N4O. The largest absolute Gasteiger partial charge is 0.338 e. The molecule has 0 aliphatic carbocycles. The monoisotopic (exact) mass is 196 g/mol. The summed E-state index contributed by atoms with van der Waals surface area (Å²) in [6, 6.07) is 0. The minimum Gasteiger partial charge on any atom is -0.338 e. The summed E-state index contributed by atoms with van der Waals surface area (Å²) in [4.78, 5) is 6.64. The number of aromatic nitrogens is 2. The van der Waals surface area contributed by atoms with Crippen LogP contribution in [0.5, 0.6) is 0 Å². The lowest BCUT2D eigenvalue weighted by molar-refractivity contribution is 0.347. The second-order valence-corrected chi connectivity index (χ2v) is 3.63. The lowest BCUT2D eigenvalue weighted by Gasteiger charge is -2.10. The van der Waals surface area contributed by atoms with Gasteiger partial charge in [0.25, 0.3) is 0 Å². The van der Waals surface area contributed by atoms with E-state index in [-0.39, 0.29) is 0 Å². The van der Waals surface area contributed by atoms with Crippen molar-refractivity contribution in [3.63, 3.8) is 0 Å². The predicted molar refractivity (Wildman–Crippen MR) is 51.7 cm³/mol. The Hall–Kier alpha value is -0.940. The molecule has 5 heteroatoms. The molecule has 2 rings (SSSR count). The molecule has 1 saturated heterocycles. The molecule has 5 nitrogen and oxygen atoms in total.